The molecule has 2 heterocycles. The number of nitrogens with one attached hydrogen (secondary N) is 2. The van der Waals surface area contributed by atoms with Crippen LogP contribution in [0.2, 0.25) is 0 Å². The molecule has 6 nitrogen and oxygen atoms in total. The zero-order chi connectivity index (χ0) is 21.2. The van der Waals surface area contributed by atoms with Gasteiger partial charge in [-0.3, -0.25) is 9.89 Å². The number of guanidine groups is 1. The highest BCUT2D eigenvalue weighted by Gasteiger charge is 2.23. The molecule has 1 saturated heterocycles. The van der Waals surface area contributed by atoms with Gasteiger partial charge in [-0.05, 0) is 36.1 Å². The molecule has 3 rings (SSSR count). The van der Waals surface area contributed by atoms with Crippen molar-refractivity contribution in [1.29, 1.82) is 0 Å². The van der Waals surface area contributed by atoms with Gasteiger partial charge in [0.25, 0.3) is 0 Å². The number of nitrogens with zero attached hydrogens (tertiary/aromatic N) is 2. The third-order valence-electron chi connectivity index (χ3n) is 5.11. The summed E-state index contributed by atoms with van der Waals surface area (Å²) in [5.41, 5.74) is 0.923. The lowest BCUT2D eigenvalue weighted by Gasteiger charge is -2.33. The molecular formula is C22H32FIN4O2S. The maximum Gasteiger partial charge on any atom is 0.191 e. The first-order valence-electron chi connectivity index (χ1n) is 10.4. The van der Waals surface area contributed by atoms with Crippen LogP contribution >= 0.6 is 35.3 Å². The zero-order valence-corrected chi connectivity index (χ0v) is 21.2. The quantitative estimate of drug-likeness (QED) is 0.277. The van der Waals surface area contributed by atoms with Crippen LogP contribution in [0.5, 0.6) is 0 Å². The monoisotopic (exact) mass is 562 g/mol. The van der Waals surface area contributed by atoms with Crippen molar-refractivity contribution in [1.82, 2.24) is 15.5 Å². The molecule has 9 heteroatoms. The summed E-state index contributed by atoms with van der Waals surface area (Å²) in [6, 6.07) is 10.9. The van der Waals surface area contributed by atoms with Crippen molar-refractivity contribution in [2.75, 3.05) is 53.0 Å². The molecule has 2 N–H and O–H groups in total. The van der Waals surface area contributed by atoms with Crippen LogP contribution in [-0.4, -0.2) is 63.9 Å². The normalized spacial score (nSPS) is 16.9. The third kappa shape index (κ3) is 7.98. The van der Waals surface area contributed by atoms with E-state index in [0.29, 0.717) is 13.1 Å². The first-order valence-corrected chi connectivity index (χ1v) is 11.2. The van der Waals surface area contributed by atoms with Gasteiger partial charge >= 0.3 is 0 Å². The molecule has 0 spiro atoms. The predicted molar refractivity (Wildman–Crippen MR) is 135 cm³/mol. The Bertz CT molecular complexity index is 770. The predicted octanol–water partition coefficient (Wildman–Crippen LogP) is 3.82. The molecular weight excluding hydrogens is 530 g/mol. The molecule has 0 bridgehead atoms. The average molecular weight is 562 g/mol. The summed E-state index contributed by atoms with van der Waals surface area (Å²) in [5, 5.41) is 8.79. The largest absolute Gasteiger partial charge is 0.379 e. The van der Waals surface area contributed by atoms with Crippen LogP contribution in [-0.2, 0) is 9.47 Å². The molecule has 2 atom stereocenters. The van der Waals surface area contributed by atoms with Gasteiger partial charge in [-0.15, -0.1) is 35.3 Å². The van der Waals surface area contributed by atoms with E-state index in [2.05, 4.69) is 33.0 Å². The van der Waals surface area contributed by atoms with Gasteiger partial charge in [0.15, 0.2) is 5.96 Å². The van der Waals surface area contributed by atoms with Gasteiger partial charge in [0.1, 0.15) is 5.82 Å². The summed E-state index contributed by atoms with van der Waals surface area (Å²) in [6.45, 7) is 7.36. The Morgan fingerprint density at radius 3 is 2.58 bits per heavy atom. The number of morpholine rings is 1. The number of benzene rings is 1. The van der Waals surface area contributed by atoms with Crippen LogP contribution in [0, 0.1) is 5.82 Å². The number of hydrogen-bond acceptors (Lipinski definition) is 5. The van der Waals surface area contributed by atoms with Crippen LogP contribution in [0.3, 0.4) is 0 Å². The van der Waals surface area contributed by atoms with Gasteiger partial charge in [-0.2, -0.15) is 0 Å². The van der Waals surface area contributed by atoms with E-state index in [4.69, 9.17) is 14.5 Å². The van der Waals surface area contributed by atoms with Crippen molar-refractivity contribution in [2.24, 2.45) is 4.99 Å². The smallest absolute Gasteiger partial charge is 0.191 e. The maximum atomic E-state index is 13.2. The van der Waals surface area contributed by atoms with Gasteiger partial charge in [-0.25, -0.2) is 4.39 Å². The highest BCUT2D eigenvalue weighted by molar-refractivity contribution is 14.0. The van der Waals surface area contributed by atoms with Crippen molar-refractivity contribution in [3.8, 4) is 0 Å². The number of ether oxygens (including phenoxy) is 2. The molecule has 1 aliphatic heterocycles. The molecule has 0 aliphatic carbocycles. The fourth-order valence-corrected chi connectivity index (χ4v) is 4.33. The Morgan fingerprint density at radius 2 is 1.97 bits per heavy atom. The second-order valence-corrected chi connectivity index (χ2v) is 8.04. The molecule has 1 fully saturated rings. The molecule has 2 aromatic rings. The van der Waals surface area contributed by atoms with Gasteiger partial charge < -0.3 is 20.1 Å². The number of hydrogen-bond donors (Lipinski definition) is 2. The standard InChI is InChI=1S/C22H31FN4O2S.HI/c1-3-24-22(26-16-20(28-2)17-6-8-18(23)9-7-17)25-15-19(21-5-4-14-30-21)27-10-12-29-13-11-27;/h4-9,14,19-20H,3,10-13,15-16H2,1-2H3,(H2,24,25,26);1H. The second kappa shape index (κ2) is 14.0. The molecule has 0 saturated carbocycles. The van der Waals surface area contributed by atoms with Crippen molar-refractivity contribution in [3.63, 3.8) is 0 Å². The fourth-order valence-electron chi connectivity index (χ4n) is 3.48. The van der Waals surface area contributed by atoms with Crippen molar-refractivity contribution < 1.29 is 13.9 Å². The Kier molecular flexibility index (Phi) is 11.7. The summed E-state index contributed by atoms with van der Waals surface area (Å²) >= 11 is 1.77. The Labute approximate surface area is 205 Å². The van der Waals surface area contributed by atoms with E-state index in [-0.39, 0.29) is 41.9 Å². The van der Waals surface area contributed by atoms with Crippen LogP contribution in [0.1, 0.15) is 29.5 Å². The van der Waals surface area contributed by atoms with E-state index in [9.17, 15) is 4.39 Å². The lowest BCUT2D eigenvalue weighted by atomic mass is 10.1. The minimum Gasteiger partial charge on any atom is -0.379 e. The van der Waals surface area contributed by atoms with Crippen molar-refractivity contribution in [2.45, 2.75) is 19.1 Å². The van der Waals surface area contributed by atoms with Gasteiger partial charge in [0.05, 0.1) is 31.9 Å². The lowest BCUT2D eigenvalue weighted by molar-refractivity contribution is 0.0186. The molecule has 0 radical (unpaired) electrons. The van der Waals surface area contributed by atoms with Crippen LogP contribution in [0.15, 0.2) is 46.8 Å². The minimum atomic E-state index is -0.251. The molecule has 2 unspecified atom stereocenters. The van der Waals surface area contributed by atoms with Crippen LogP contribution < -0.4 is 10.6 Å². The molecule has 172 valence electrons. The topological polar surface area (TPSA) is 58.1 Å². The van der Waals surface area contributed by atoms with Crippen LogP contribution in [0.25, 0.3) is 0 Å². The molecule has 1 aromatic carbocycles. The highest BCUT2D eigenvalue weighted by atomic mass is 127. The summed E-state index contributed by atoms with van der Waals surface area (Å²) in [5.74, 6) is 0.496. The number of halogens is 2. The summed E-state index contributed by atoms with van der Waals surface area (Å²) in [7, 11) is 1.66. The Balaban J connectivity index is 0.00000341. The number of rotatable bonds is 9. The minimum absolute atomic E-state index is 0. The van der Waals surface area contributed by atoms with E-state index in [1.54, 1.807) is 30.6 Å². The zero-order valence-electron chi connectivity index (χ0n) is 18.1. The van der Waals surface area contributed by atoms with E-state index in [1.807, 2.05) is 6.92 Å². The summed E-state index contributed by atoms with van der Waals surface area (Å²) in [4.78, 5) is 8.62. The second-order valence-electron chi connectivity index (χ2n) is 7.06. The van der Waals surface area contributed by atoms with Crippen molar-refractivity contribution in [3.05, 3.63) is 58.0 Å². The van der Waals surface area contributed by atoms with Gasteiger partial charge in [-0.1, -0.05) is 18.2 Å². The number of aliphatic imine (C=N–C) groups is 1. The molecule has 31 heavy (non-hydrogen) atoms. The molecule has 1 aromatic heterocycles. The number of thiophene rings is 1. The Hall–Kier alpha value is -1.27. The SMILES string of the molecule is CCNC(=NCC(c1cccs1)N1CCOCC1)NCC(OC)c1ccc(F)cc1.I. The fraction of sp³-hybridized carbons (Fsp3) is 0.500. The van der Waals surface area contributed by atoms with E-state index in [0.717, 1.165) is 44.4 Å². The maximum absolute atomic E-state index is 13.2. The van der Waals surface area contributed by atoms with E-state index >= 15 is 0 Å². The van der Waals surface area contributed by atoms with Crippen molar-refractivity contribution >= 4 is 41.3 Å². The third-order valence-corrected chi connectivity index (χ3v) is 6.08. The van der Waals surface area contributed by atoms with Crippen LogP contribution in [0.4, 0.5) is 4.39 Å². The highest BCUT2D eigenvalue weighted by Crippen LogP contribution is 2.26. The summed E-state index contributed by atoms with van der Waals surface area (Å²) < 4.78 is 24.3. The van der Waals surface area contributed by atoms with E-state index in [1.165, 1.54) is 17.0 Å². The molecule has 0 amide bonds. The Morgan fingerprint density at radius 1 is 1.23 bits per heavy atom. The average Bonchev–Trinajstić information content (AvgIpc) is 3.30. The van der Waals surface area contributed by atoms with E-state index < -0.39 is 0 Å². The number of methoxy groups -OCH3 is 1. The first kappa shape index (κ1) is 26.0. The summed E-state index contributed by atoms with van der Waals surface area (Å²) in [6.07, 6.45) is -0.193. The van der Waals surface area contributed by atoms with Gasteiger partial charge in [0, 0.05) is 38.2 Å². The van der Waals surface area contributed by atoms with Gasteiger partial charge in [0.2, 0.25) is 0 Å². The lowest BCUT2D eigenvalue weighted by Crippen LogP contribution is -2.42. The first-order chi connectivity index (χ1) is 14.7. The molecule has 1 aliphatic rings.